The Morgan fingerprint density at radius 3 is 0.182 bits per heavy atom. The molecule has 33 heteroatoms. The van der Waals surface area contributed by atoms with Crippen molar-refractivity contribution in [2.45, 2.75) is 0 Å². The molecule has 0 unspecified atom stereocenters. The van der Waals surface area contributed by atoms with Crippen LogP contribution in [-0.4, -0.2) is 137 Å². The molecule has 0 saturated carbocycles. The molecule has 0 aliphatic rings. The van der Waals surface area contributed by atoms with Crippen LogP contribution in [0.5, 0.6) is 0 Å². The second kappa shape index (κ2) is 39.6. The van der Waals surface area contributed by atoms with Gasteiger partial charge in [-0.1, -0.05) is 0 Å². The fourth-order valence-corrected chi connectivity index (χ4v) is 0. The minimum absolute atomic E-state index is 0. The molecular weight excluding hydrogens is 781 g/mol. The molecule has 0 aromatic carbocycles. The van der Waals surface area contributed by atoms with Crippen LogP contribution in [-0.2, 0) is 68.3 Å². The predicted molar refractivity (Wildman–Crippen MR) is 51.8 cm³/mol. The summed E-state index contributed by atoms with van der Waals surface area (Å²) in [5.74, 6) is 0. The molecule has 0 amide bonds. The molecule has 20 nitrogen and oxygen atoms in total. The van der Waals surface area contributed by atoms with Crippen LogP contribution in [0.3, 0.4) is 0 Å². The van der Waals surface area contributed by atoms with Crippen molar-refractivity contribution >= 4 is 137 Å². The molecule has 0 spiro atoms. The summed E-state index contributed by atoms with van der Waals surface area (Å²) in [5, 5.41) is 0. The molecule has 0 atom stereocenters. The van der Waals surface area contributed by atoms with Gasteiger partial charge in [0, 0.05) is 0 Å². The zero-order chi connectivity index (χ0) is 22.5. The number of hydrogen-bond acceptors (Lipinski definition) is 20. The zero-order valence-corrected chi connectivity index (χ0v) is 30.0. The van der Waals surface area contributed by atoms with E-state index in [1.165, 1.54) is 0 Å². The maximum Gasteiger partial charge on any atom is 3.00 e. The molecule has 0 rings (SSSR count). The van der Waals surface area contributed by atoms with E-state index < -0.39 is 45.2 Å². The SMILES string of the molecule is [Fe+3].[Fe+3].[Fe+3].[Fe+3].[Mg+2].[Mg+2].[Mg+2].[Mg+2].[O-][Si]([O-])([O-])[O-].[O-][Si]([O-])([O-])[O-].[O-][Si]([O-])([O-])[O-].[O-][Si]([O-])([O-])[O-].[O-][Si]([O-])([O-])[O-]. The van der Waals surface area contributed by atoms with E-state index in [0.29, 0.717) is 0 Å². The zero-order valence-electron chi connectivity index (χ0n) is 14.9. The summed E-state index contributed by atoms with van der Waals surface area (Å²) in [6.45, 7) is 0. The second-order valence-corrected chi connectivity index (χ2v) is 7.50. The van der Waals surface area contributed by atoms with Crippen LogP contribution in [0.15, 0.2) is 0 Å². The van der Waals surface area contributed by atoms with Gasteiger partial charge >= 0.3 is 160 Å². The standard InChI is InChI=1S/4Fe.4Mg.5O4Si/c;;;;;;;;5*1-5(2,3)4/q4*+3;4*+2;5*-4. The van der Waals surface area contributed by atoms with Crippen molar-refractivity contribution in [2.24, 2.45) is 0 Å². The first-order valence-corrected chi connectivity index (χ1v) is 12.2. The summed E-state index contributed by atoms with van der Waals surface area (Å²) in [7, 11) is -28.1. The van der Waals surface area contributed by atoms with E-state index in [0.717, 1.165) is 0 Å². The van der Waals surface area contributed by atoms with Gasteiger partial charge in [-0.25, -0.2) is 0 Å². The van der Waals surface area contributed by atoms with Gasteiger partial charge in [0.05, 0.1) is 0 Å². The maximum atomic E-state index is 8.58. The van der Waals surface area contributed by atoms with E-state index in [1.54, 1.807) is 0 Å². The van der Waals surface area contributed by atoms with Crippen molar-refractivity contribution < 1.29 is 164 Å². The minimum atomic E-state index is -5.61. The average Bonchev–Trinajstić information content (AvgIpc) is 1.79. The first kappa shape index (κ1) is 83.3. The van der Waals surface area contributed by atoms with Crippen LogP contribution in [0.25, 0.3) is 0 Å². The van der Waals surface area contributed by atoms with Crippen LogP contribution in [0.1, 0.15) is 0 Å². The van der Waals surface area contributed by atoms with E-state index >= 15 is 0 Å². The first-order chi connectivity index (χ1) is 10.0. The molecule has 180 valence electrons. The van der Waals surface area contributed by atoms with Crippen molar-refractivity contribution in [3.63, 3.8) is 0 Å². The summed E-state index contributed by atoms with van der Waals surface area (Å²) >= 11 is 0. The van der Waals surface area contributed by atoms with Crippen LogP contribution >= 0.6 is 0 Å². The Hall–Kier alpha value is 5.43. The Bertz CT molecular complexity index is 200. The smallest absolute Gasteiger partial charge is 0.894 e. The fourth-order valence-electron chi connectivity index (χ4n) is 0. The largest absolute Gasteiger partial charge is 3.00 e. The number of rotatable bonds is 0. The molecule has 0 aromatic heterocycles. The van der Waals surface area contributed by atoms with Crippen LogP contribution in [0, 0.1) is 0 Å². The molecule has 0 aliphatic heterocycles. The average molecular weight is 781 g/mol. The number of hydrogen-bond donors (Lipinski definition) is 0. The molecule has 0 N–H and O–H groups in total. The normalized spacial score (nSPS) is 9.09. The molecule has 33 heavy (non-hydrogen) atoms. The van der Waals surface area contributed by atoms with Crippen molar-refractivity contribution in [1.82, 2.24) is 0 Å². The second-order valence-electron chi connectivity index (χ2n) is 2.50. The summed E-state index contributed by atoms with van der Waals surface area (Å²) in [6, 6.07) is 0. The van der Waals surface area contributed by atoms with Crippen molar-refractivity contribution in [1.29, 1.82) is 0 Å². The monoisotopic (exact) mass is 779 g/mol. The summed E-state index contributed by atoms with van der Waals surface area (Å²) in [4.78, 5) is 172. The van der Waals surface area contributed by atoms with Gasteiger partial charge in [-0.15, -0.1) is 0 Å². The van der Waals surface area contributed by atoms with Gasteiger partial charge in [-0.2, -0.15) is 0 Å². The predicted octanol–water partition coefficient (Wildman–Crippen LogP) is -27.2. The van der Waals surface area contributed by atoms with E-state index in [-0.39, 0.29) is 160 Å². The van der Waals surface area contributed by atoms with Crippen molar-refractivity contribution in [3.05, 3.63) is 0 Å². The van der Waals surface area contributed by atoms with Crippen molar-refractivity contribution in [2.75, 3.05) is 0 Å². The van der Waals surface area contributed by atoms with E-state index in [4.69, 9.17) is 95.9 Å². The maximum absolute atomic E-state index is 8.58. The summed E-state index contributed by atoms with van der Waals surface area (Å²) < 4.78 is 0. The topological polar surface area (TPSA) is 461 Å². The van der Waals surface area contributed by atoms with Crippen LogP contribution in [0.2, 0.25) is 0 Å². The Morgan fingerprint density at radius 1 is 0.182 bits per heavy atom. The van der Waals surface area contributed by atoms with Crippen LogP contribution in [0.4, 0.5) is 0 Å². The third-order valence-corrected chi connectivity index (χ3v) is 0. The van der Waals surface area contributed by atoms with Gasteiger partial charge in [0.2, 0.25) is 0 Å². The van der Waals surface area contributed by atoms with Gasteiger partial charge in [0.25, 0.3) is 0 Å². The molecule has 0 saturated heterocycles. The van der Waals surface area contributed by atoms with Crippen molar-refractivity contribution in [3.8, 4) is 0 Å². The Labute approximate surface area is 297 Å². The molecular formula is Fe4Mg4O20Si5. The van der Waals surface area contributed by atoms with Gasteiger partial charge in [-0.3, -0.25) is 0 Å². The van der Waals surface area contributed by atoms with Gasteiger partial charge < -0.3 is 141 Å². The third kappa shape index (κ3) is 1590. The molecule has 0 aromatic rings. The molecule has 0 fully saturated rings. The third-order valence-electron chi connectivity index (χ3n) is 0. The molecule has 0 bridgehead atoms. The van der Waals surface area contributed by atoms with Gasteiger partial charge in [0.1, 0.15) is 0 Å². The molecule has 4 radical (unpaired) electrons. The Balaban J connectivity index is -0.0000000130. The summed E-state index contributed by atoms with van der Waals surface area (Å²) in [5.41, 5.74) is 0. The van der Waals surface area contributed by atoms with Gasteiger partial charge in [-0.05, 0) is 0 Å². The fraction of sp³-hybridized carbons (Fsp3) is 0. The molecule has 0 heterocycles. The minimum Gasteiger partial charge on any atom is -0.894 e. The van der Waals surface area contributed by atoms with Crippen LogP contribution < -0.4 is 95.9 Å². The van der Waals surface area contributed by atoms with E-state index in [9.17, 15) is 0 Å². The summed E-state index contributed by atoms with van der Waals surface area (Å²) in [6.07, 6.45) is 0. The Morgan fingerprint density at radius 2 is 0.182 bits per heavy atom. The molecule has 0 aliphatic carbocycles. The van der Waals surface area contributed by atoms with Gasteiger partial charge in [0.15, 0.2) is 0 Å². The van der Waals surface area contributed by atoms with E-state index in [1.807, 2.05) is 0 Å². The van der Waals surface area contributed by atoms with E-state index in [2.05, 4.69) is 0 Å². The first-order valence-electron chi connectivity index (χ1n) is 4.08. The quantitative estimate of drug-likeness (QED) is 0.206. The Kier molecular flexibility index (Phi) is 99.8.